The number of carbonyl (C=O) groups excluding carboxylic acids is 1. The van der Waals surface area contributed by atoms with Crippen molar-refractivity contribution in [3.63, 3.8) is 0 Å². The lowest BCUT2D eigenvalue weighted by Crippen LogP contribution is -2.41. The molecule has 1 aliphatic carbocycles. The fraction of sp³-hybridized carbons (Fsp3) is 0.667. The zero-order valence-electron chi connectivity index (χ0n) is 18.9. The Morgan fingerprint density at radius 1 is 1.19 bits per heavy atom. The van der Waals surface area contributed by atoms with Gasteiger partial charge in [0.2, 0.25) is 0 Å². The normalized spacial score (nSPS) is 17.9. The molecule has 0 unspecified atom stereocenters. The van der Waals surface area contributed by atoms with Crippen LogP contribution in [0.3, 0.4) is 0 Å². The summed E-state index contributed by atoms with van der Waals surface area (Å²) in [6.07, 6.45) is 5.98. The van der Waals surface area contributed by atoms with E-state index in [2.05, 4.69) is 5.16 Å². The number of rotatable bonds is 7. The molecule has 170 valence electrons. The molecule has 1 saturated carbocycles. The van der Waals surface area contributed by atoms with E-state index in [9.17, 15) is 9.90 Å². The van der Waals surface area contributed by atoms with Crippen LogP contribution in [0.15, 0.2) is 16.7 Å². The summed E-state index contributed by atoms with van der Waals surface area (Å²) in [6, 6.07) is 3.92. The van der Waals surface area contributed by atoms with Crippen LogP contribution >= 0.6 is 0 Å². The minimum Gasteiger partial charge on any atom is -0.493 e. The van der Waals surface area contributed by atoms with Crippen LogP contribution in [-0.4, -0.2) is 46.6 Å². The first kappa shape index (κ1) is 21.9. The number of likely N-dealkylation sites (tertiary alicyclic amines) is 1. The quantitative estimate of drug-likeness (QED) is 0.686. The van der Waals surface area contributed by atoms with Gasteiger partial charge in [-0.05, 0) is 83.3 Å². The van der Waals surface area contributed by atoms with Gasteiger partial charge in [0.05, 0.1) is 24.5 Å². The molecule has 2 heterocycles. The highest BCUT2D eigenvalue weighted by atomic mass is 16.6. The minimum absolute atomic E-state index is 0.130. The van der Waals surface area contributed by atoms with E-state index in [1.807, 2.05) is 37.8 Å². The van der Waals surface area contributed by atoms with Gasteiger partial charge in [-0.1, -0.05) is 5.16 Å². The largest absolute Gasteiger partial charge is 0.493 e. The number of nitrogens with zero attached hydrogens (tertiary/aromatic N) is 2. The van der Waals surface area contributed by atoms with Crippen LogP contribution in [0, 0.1) is 11.8 Å². The van der Waals surface area contributed by atoms with Crippen LogP contribution in [0.2, 0.25) is 0 Å². The van der Waals surface area contributed by atoms with E-state index in [4.69, 9.17) is 14.0 Å². The van der Waals surface area contributed by atoms with E-state index in [-0.39, 0.29) is 12.7 Å². The van der Waals surface area contributed by atoms with Gasteiger partial charge >= 0.3 is 6.09 Å². The van der Waals surface area contributed by atoms with Crippen molar-refractivity contribution in [2.75, 3.05) is 19.7 Å². The van der Waals surface area contributed by atoms with E-state index in [0.717, 1.165) is 49.9 Å². The van der Waals surface area contributed by atoms with Crippen molar-refractivity contribution in [2.45, 2.75) is 71.5 Å². The molecule has 4 rings (SSSR count). The minimum atomic E-state index is -0.460. The molecule has 7 nitrogen and oxygen atoms in total. The number of aromatic nitrogens is 1. The molecule has 0 atom stereocenters. The van der Waals surface area contributed by atoms with Crippen molar-refractivity contribution in [3.05, 3.63) is 23.4 Å². The lowest BCUT2D eigenvalue weighted by molar-refractivity contribution is 0.0181. The maximum Gasteiger partial charge on any atom is 0.410 e. The molecule has 2 aromatic rings. The number of amides is 1. The molecule has 0 radical (unpaired) electrons. The number of ether oxygens (including phenoxy) is 2. The topological polar surface area (TPSA) is 85.0 Å². The molecule has 31 heavy (non-hydrogen) atoms. The average molecular weight is 431 g/mol. The molecule has 7 heteroatoms. The third-order valence-corrected chi connectivity index (χ3v) is 6.16. The molecular formula is C24H34N2O5. The number of carbonyl (C=O) groups is 1. The van der Waals surface area contributed by atoms with E-state index in [1.165, 1.54) is 12.8 Å². The van der Waals surface area contributed by atoms with Crippen LogP contribution in [0.4, 0.5) is 4.79 Å². The second kappa shape index (κ2) is 9.07. The summed E-state index contributed by atoms with van der Waals surface area (Å²) in [5.41, 5.74) is 1.78. The van der Waals surface area contributed by atoms with Crippen LogP contribution in [-0.2, 0) is 17.8 Å². The van der Waals surface area contributed by atoms with Gasteiger partial charge in [-0.2, -0.15) is 0 Å². The zero-order chi connectivity index (χ0) is 22.0. The molecule has 1 N–H and O–H groups in total. The summed E-state index contributed by atoms with van der Waals surface area (Å²) in [5, 5.41) is 15.1. The van der Waals surface area contributed by atoms with E-state index < -0.39 is 5.60 Å². The Hall–Kier alpha value is -2.28. The summed E-state index contributed by atoms with van der Waals surface area (Å²) < 4.78 is 17.0. The van der Waals surface area contributed by atoms with Crippen molar-refractivity contribution < 1.29 is 23.9 Å². The SMILES string of the molecule is CC(C)(C)OC(=O)N1CCC(CCc2noc3c(CO)c(OCC4CC4)ccc23)CC1. The Balaban J connectivity index is 1.33. The zero-order valence-corrected chi connectivity index (χ0v) is 18.9. The summed E-state index contributed by atoms with van der Waals surface area (Å²) in [4.78, 5) is 14.0. The summed E-state index contributed by atoms with van der Waals surface area (Å²) in [5.74, 6) is 1.89. The fourth-order valence-electron chi connectivity index (χ4n) is 4.12. The number of hydrogen-bond acceptors (Lipinski definition) is 6. The van der Waals surface area contributed by atoms with Crippen LogP contribution in [0.5, 0.6) is 5.75 Å². The predicted octanol–water partition coefficient (Wildman–Crippen LogP) is 4.69. The lowest BCUT2D eigenvalue weighted by atomic mass is 9.91. The summed E-state index contributed by atoms with van der Waals surface area (Å²) in [7, 11) is 0. The average Bonchev–Trinajstić information content (AvgIpc) is 3.47. The van der Waals surface area contributed by atoms with Gasteiger partial charge in [-0.25, -0.2) is 4.79 Å². The second-order valence-electron chi connectivity index (χ2n) is 9.91. The Labute approximate surface area is 183 Å². The molecule has 0 spiro atoms. The smallest absolute Gasteiger partial charge is 0.410 e. The van der Waals surface area contributed by atoms with Gasteiger partial charge in [0.15, 0.2) is 5.58 Å². The van der Waals surface area contributed by atoms with Gasteiger partial charge in [-0.3, -0.25) is 0 Å². The predicted molar refractivity (Wildman–Crippen MR) is 117 cm³/mol. The number of aliphatic hydroxyl groups is 1. The van der Waals surface area contributed by atoms with Crippen molar-refractivity contribution in [2.24, 2.45) is 11.8 Å². The van der Waals surface area contributed by atoms with Gasteiger partial charge in [-0.15, -0.1) is 0 Å². The molecule has 1 saturated heterocycles. The van der Waals surface area contributed by atoms with Gasteiger partial charge < -0.3 is 24.0 Å². The third kappa shape index (κ3) is 5.50. The van der Waals surface area contributed by atoms with E-state index in [0.29, 0.717) is 35.3 Å². The molecular weight excluding hydrogens is 396 g/mol. The maximum absolute atomic E-state index is 12.2. The van der Waals surface area contributed by atoms with E-state index in [1.54, 1.807) is 0 Å². The number of hydrogen-bond donors (Lipinski definition) is 1. The molecule has 2 fully saturated rings. The van der Waals surface area contributed by atoms with Crippen molar-refractivity contribution in [1.29, 1.82) is 0 Å². The standard InChI is InChI=1S/C24H34N2O5/c1-24(2,3)30-23(28)26-12-10-16(11-13-26)6-8-20-18-7-9-21(29-15-17-4-5-17)19(14-27)22(18)31-25-20/h7,9,16-17,27H,4-6,8,10-15H2,1-3H3. The first-order chi connectivity index (χ1) is 14.8. The van der Waals surface area contributed by atoms with Crippen LogP contribution < -0.4 is 4.74 Å². The highest BCUT2D eigenvalue weighted by Gasteiger charge is 2.27. The maximum atomic E-state index is 12.2. The molecule has 0 bridgehead atoms. The fourth-order valence-corrected chi connectivity index (χ4v) is 4.12. The number of benzene rings is 1. The Bertz CT molecular complexity index is 905. The monoisotopic (exact) mass is 430 g/mol. The molecule has 1 amide bonds. The summed E-state index contributed by atoms with van der Waals surface area (Å²) in [6.45, 7) is 7.71. The molecule has 1 aliphatic heterocycles. The third-order valence-electron chi connectivity index (χ3n) is 6.16. The van der Waals surface area contributed by atoms with Crippen molar-refractivity contribution in [1.82, 2.24) is 10.1 Å². The van der Waals surface area contributed by atoms with Gasteiger partial charge in [0.25, 0.3) is 0 Å². The molecule has 1 aromatic carbocycles. The number of aliphatic hydroxyl groups excluding tert-OH is 1. The second-order valence-corrected chi connectivity index (χ2v) is 9.91. The molecule has 2 aliphatic rings. The Kier molecular flexibility index (Phi) is 6.42. The number of aryl methyl sites for hydroxylation is 1. The highest BCUT2D eigenvalue weighted by Crippen LogP contribution is 2.34. The lowest BCUT2D eigenvalue weighted by Gasteiger charge is -2.33. The Morgan fingerprint density at radius 3 is 2.58 bits per heavy atom. The summed E-state index contributed by atoms with van der Waals surface area (Å²) >= 11 is 0. The Morgan fingerprint density at radius 2 is 1.94 bits per heavy atom. The van der Waals surface area contributed by atoms with Gasteiger partial charge in [0.1, 0.15) is 11.4 Å². The first-order valence-corrected chi connectivity index (χ1v) is 11.5. The van der Waals surface area contributed by atoms with Crippen molar-refractivity contribution >= 4 is 17.1 Å². The highest BCUT2D eigenvalue weighted by molar-refractivity contribution is 5.84. The number of piperidine rings is 1. The van der Waals surface area contributed by atoms with Gasteiger partial charge in [0, 0.05) is 18.5 Å². The van der Waals surface area contributed by atoms with Crippen molar-refractivity contribution in [3.8, 4) is 5.75 Å². The van der Waals surface area contributed by atoms with Crippen LogP contribution in [0.1, 0.15) is 64.1 Å². The number of fused-ring (bicyclic) bond motifs is 1. The molecule has 1 aromatic heterocycles. The van der Waals surface area contributed by atoms with E-state index >= 15 is 0 Å². The van der Waals surface area contributed by atoms with Crippen LogP contribution in [0.25, 0.3) is 11.0 Å². The first-order valence-electron chi connectivity index (χ1n) is 11.5.